The number of hydrogen-bond donors (Lipinski definition) is 3. The molecule has 0 radical (unpaired) electrons. The van der Waals surface area contributed by atoms with Gasteiger partial charge in [-0.2, -0.15) is 0 Å². The summed E-state index contributed by atoms with van der Waals surface area (Å²) in [6, 6.07) is 0. The van der Waals surface area contributed by atoms with E-state index in [0.717, 1.165) is 12.8 Å². The maximum atomic E-state index is 10.0. The second-order valence-electron chi connectivity index (χ2n) is 7.35. The molecule has 0 bridgehead atoms. The lowest BCUT2D eigenvalue weighted by atomic mass is 10.0. The van der Waals surface area contributed by atoms with Crippen LogP contribution in [-0.4, -0.2) is 58.0 Å². The Kier molecular flexibility index (Phi) is 13.5. The second kappa shape index (κ2) is 14.7. The molecule has 26 heavy (non-hydrogen) atoms. The van der Waals surface area contributed by atoms with Gasteiger partial charge in [0.1, 0.15) is 18.3 Å². The predicted molar refractivity (Wildman–Crippen MR) is 107 cm³/mol. The minimum absolute atomic E-state index is 0.127. The summed E-state index contributed by atoms with van der Waals surface area (Å²) in [5, 5.41) is 29.4. The fourth-order valence-corrected chi connectivity index (χ4v) is 3.55. The smallest absolute Gasteiger partial charge is 0.160 e. The molecule has 0 aromatic carbocycles. The zero-order valence-corrected chi connectivity index (χ0v) is 17.1. The third-order valence-corrected chi connectivity index (χ3v) is 5.33. The summed E-state index contributed by atoms with van der Waals surface area (Å²) in [6.07, 6.45) is 11.1. The normalized spacial score (nSPS) is 26.0. The number of ether oxygens (including phenoxy) is 2. The molecule has 6 heteroatoms. The zero-order valence-electron chi connectivity index (χ0n) is 16.3. The molecule has 154 valence electrons. The maximum Gasteiger partial charge on any atom is 0.160 e. The molecule has 4 atom stereocenters. The van der Waals surface area contributed by atoms with Gasteiger partial charge >= 0.3 is 0 Å². The summed E-state index contributed by atoms with van der Waals surface area (Å²) >= 11 is 5.23. The summed E-state index contributed by atoms with van der Waals surface area (Å²) in [5.41, 5.74) is 0. The van der Waals surface area contributed by atoms with Crippen molar-refractivity contribution < 1.29 is 24.8 Å². The van der Waals surface area contributed by atoms with E-state index in [4.69, 9.17) is 26.8 Å². The highest BCUT2D eigenvalue weighted by Gasteiger charge is 2.39. The second-order valence-corrected chi connectivity index (χ2v) is 7.80. The lowest BCUT2D eigenvalue weighted by Crippen LogP contribution is -2.55. The fraction of sp³-hybridized carbons (Fsp3) is 0.950. The van der Waals surface area contributed by atoms with E-state index in [2.05, 4.69) is 6.92 Å². The van der Waals surface area contributed by atoms with Gasteiger partial charge in [0.05, 0.1) is 13.2 Å². The molecule has 1 heterocycles. The van der Waals surface area contributed by atoms with Gasteiger partial charge in [-0.3, -0.25) is 0 Å². The molecule has 1 fully saturated rings. The Balaban J connectivity index is 1.99. The zero-order chi connectivity index (χ0) is 19.2. The van der Waals surface area contributed by atoms with Crippen molar-refractivity contribution in [3.63, 3.8) is 0 Å². The summed E-state index contributed by atoms with van der Waals surface area (Å²) in [7, 11) is 0. The van der Waals surface area contributed by atoms with E-state index in [1.54, 1.807) is 0 Å². The van der Waals surface area contributed by atoms with Crippen molar-refractivity contribution in [2.75, 3.05) is 13.2 Å². The van der Waals surface area contributed by atoms with Crippen LogP contribution in [0, 0.1) is 0 Å². The summed E-state index contributed by atoms with van der Waals surface area (Å²) in [5.74, 6) is 0. The van der Waals surface area contributed by atoms with Crippen LogP contribution in [0.4, 0.5) is 0 Å². The molecule has 1 rings (SSSR count). The summed E-state index contributed by atoms with van der Waals surface area (Å²) in [4.78, 5) is 0. The molecule has 0 spiro atoms. The Labute approximate surface area is 164 Å². The van der Waals surface area contributed by atoms with Crippen LogP contribution < -0.4 is 0 Å². The van der Waals surface area contributed by atoms with Gasteiger partial charge in [-0.15, -0.1) is 0 Å². The molecule has 1 aliphatic heterocycles. The largest absolute Gasteiger partial charge is 0.479 e. The summed E-state index contributed by atoms with van der Waals surface area (Å²) < 4.78 is 10.9. The van der Waals surface area contributed by atoms with Crippen molar-refractivity contribution in [1.82, 2.24) is 0 Å². The highest BCUT2D eigenvalue weighted by atomic mass is 32.1. The molecule has 0 saturated carbocycles. The average molecular weight is 391 g/mol. The first kappa shape index (κ1) is 23.8. The number of aliphatic hydroxyl groups excluding tert-OH is 3. The number of aliphatic hydroxyl groups is 3. The van der Waals surface area contributed by atoms with Gasteiger partial charge < -0.3 is 24.8 Å². The van der Waals surface area contributed by atoms with Crippen molar-refractivity contribution >= 4 is 17.3 Å². The van der Waals surface area contributed by atoms with Gasteiger partial charge in [-0.05, 0) is 18.6 Å². The first-order valence-electron chi connectivity index (χ1n) is 10.4. The monoisotopic (exact) mass is 390 g/mol. The SMILES string of the molecule is CCCCCCCCCCCCCC(=S)O[C@@H]1CO[C@@H](CO)[C@H](O)[C@H]1O. The number of hydrogen-bond acceptors (Lipinski definition) is 6. The lowest BCUT2D eigenvalue weighted by Gasteiger charge is -2.36. The van der Waals surface area contributed by atoms with Crippen LogP contribution in [0.3, 0.4) is 0 Å². The van der Waals surface area contributed by atoms with E-state index in [9.17, 15) is 10.2 Å². The third-order valence-electron chi connectivity index (χ3n) is 5.03. The Morgan fingerprint density at radius 1 is 0.923 bits per heavy atom. The van der Waals surface area contributed by atoms with Gasteiger partial charge in [-0.25, -0.2) is 0 Å². The van der Waals surface area contributed by atoms with Crippen LogP contribution in [0.1, 0.15) is 84.0 Å². The van der Waals surface area contributed by atoms with Crippen LogP contribution in [0.25, 0.3) is 0 Å². The van der Waals surface area contributed by atoms with Crippen molar-refractivity contribution in [2.24, 2.45) is 0 Å². The minimum atomic E-state index is -1.15. The Bertz CT molecular complexity index is 366. The Morgan fingerprint density at radius 3 is 2.00 bits per heavy atom. The quantitative estimate of drug-likeness (QED) is 0.311. The molecule has 0 aliphatic carbocycles. The van der Waals surface area contributed by atoms with Crippen molar-refractivity contribution in [3.8, 4) is 0 Å². The van der Waals surface area contributed by atoms with Gasteiger partial charge in [0.15, 0.2) is 11.2 Å². The van der Waals surface area contributed by atoms with Crippen LogP contribution in [0.2, 0.25) is 0 Å². The van der Waals surface area contributed by atoms with E-state index in [1.165, 1.54) is 57.8 Å². The van der Waals surface area contributed by atoms with E-state index < -0.39 is 24.4 Å². The van der Waals surface area contributed by atoms with Crippen molar-refractivity contribution in [2.45, 2.75) is 108 Å². The maximum absolute atomic E-state index is 10.0. The molecule has 0 unspecified atom stereocenters. The molecule has 0 aromatic rings. The highest BCUT2D eigenvalue weighted by Crippen LogP contribution is 2.19. The van der Waals surface area contributed by atoms with Crippen molar-refractivity contribution in [1.29, 1.82) is 0 Å². The average Bonchev–Trinajstić information content (AvgIpc) is 2.64. The van der Waals surface area contributed by atoms with E-state index >= 15 is 0 Å². The van der Waals surface area contributed by atoms with Crippen molar-refractivity contribution in [3.05, 3.63) is 0 Å². The Morgan fingerprint density at radius 2 is 1.46 bits per heavy atom. The molecule has 1 aliphatic rings. The first-order chi connectivity index (χ1) is 12.6. The summed E-state index contributed by atoms with van der Waals surface area (Å²) in [6.45, 7) is 2.05. The molecular formula is C20H38O5S. The third kappa shape index (κ3) is 9.60. The fourth-order valence-electron chi connectivity index (χ4n) is 3.28. The molecule has 5 nitrogen and oxygen atoms in total. The molecule has 3 N–H and O–H groups in total. The van der Waals surface area contributed by atoms with Crippen LogP contribution >= 0.6 is 12.2 Å². The Hall–Kier alpha value is -0.270. The topological polar surface area (TPSA) is 79.2 Å². The standard InChI is InChI=1S/C20H38O5S/c1-2-3-4-5-6-7-8-9-10-11-12-13-18(26)25-17-15-24-16(14-21)19(22)20(17)23/h16-17,19-23H,2-15H2,1H3/t16-,17+,19-,20-/m0/s1. The highest BCUT2D eigenvalue weighted by molar-refractivity contribution is 7.80. The number of thiocarbonyl (C=S) groups is 1. The number of rotatable bonds is 14. The minimum Gasteiger partial charge on any atom is -0.479 e. The lowest BCUT2D eigenvalue weighted by molar-refractivity contribution is -0.191. The molecule has 0 aromatic heterocycles. The van der Waals surface area contributed by atoms with Gasteiger partial charge in [0, 0.05) is 6.42 Å². The van der Waals surface area contributed by atoms with E-state index in [0.29, 0.717) is 11.5 Å². The van der Waals surface area contributed by atoms with Gasteiger partial charge in [-0.1, -0.05) is 71.1 Å². The number of unbranched alkanes of at least 4 members (excludes halogenated alkanes) is 10. The molecular weight excluding hydrogens is 352 g/mol. The molecule has 1 saturated heterocycles. The van der Waals surface area contributed by atoms with Gasteiger partial charge in [0.2, 0.25) is 0 Å². The van der Waals surface area contributed by atoms with E-state index in [-0.39, 0.29) is 13.2 Å². The van der Waals surface area contributed by atoms with E-state index in [1.807, 2.05) is 0 Å². The van der Waals surface area contributed by atoms with Crippen LogP contribution in [0.5, 0.6) is 0 Å². The van der Waals surface area contributed by atoms with Crippen LogP contribution in [0.15, 0.2) is 0 Å². The molecule has 0 amide bonds. The van der Waals surface area contributed by atoms with Crippen LogP contribution in [-0.2, 0) is 9.47 Å². The predicted octanol–water partition coefficient (Wildman–Crippen LogP) is 3.51. The van der Waals surface area contributed by atoms with Gasteiger partial charge in [0.25, 0.3) is 0 Å². The first-order valence-corrected chi connectivity index (χ1v) is 10.8.